The van der Waals surface area contributed by atoms with Crippen molar-refractivity contribution in [2.75, 3.05) is 12.9 Å². The number of nitrogens with zero attached hydrogens (tertiary/aromatic N) is 2. The minimum Gasteiger partial charge on any atom is -0.497 e. The van der Waals surface area contributed by atoms with Crippen LogP contribution in [0.4, 0.5) is 0 Å². The van der Waals surface area contributed by atoms with Crippen LogP contribution in [0.15, 0.2) is 58.2 Å². The number of aromatic amines is 1. The lowest BCUT2D eigenvalue weighted by Gasteiger charge is -2.23. The highest BCUT2D eigenvalue weighted by molar-refractivity contribution is 9.10. The zero-order valence-corrected chi connectivity index (χ0v) is 18.9. The number of thioether (sulfide) groups is 1. The molecule has 0 fully saturated rings. The van der Waals surface area contributed by atoms with E-state index in [9.17, 15) is 4.79 Å². The molecule has 3 aromatic rings. The molecule has 0 spiro atoms. The number of methoxy groups -OCH3 is 1. The van der Waals surface area contributed by atoms with Crippen LogP contribution in [0.2, 0.25) is 0 Å². The third-order valence-electron chi connectivity index (χ3n) is 4.37. The van der Waals surface area contributed by atoms with Gasteiger partial charge in [0.1, 0.15) is 5.75 Å². The maximum atomic E-state index is 12.5. The Bertz CT molecular complexity index is 942. The molecule has 1 amide bonds. The minimum absolute atomic E-state index is 0.0560. The lowest BCUT2D eigenvalue weighted by molar-refractivity contribution is -0.119. The molecule has 0 saturated carbocycles. The van der Waals surface area contributed by atoms with Gasteiger partial charge in [0, 0.05) is 10.0 Å². The number of rotatable bonds is 8. The van der Waals surface area contributed by atoms with Crippen molar-refractivity contribution in [1.29, 1.82) is 0 Å². The number of nitrogens with one attached hydrogen (secondary N) is 2. The van der Waals surface area contributed by atoms with Crippen LogP contribution in [0, 0.1) is 5.92 Å². The molecular formula is C21H23BrN4O2S. The van der Waals surface area contributed by atoms with E-state index in [0.717, 1.165) is 21.3 Å². The van der Waals surface area contributed by atoms with Gasteiger partial charge in [-0.3, -0.25) is 9.89 Å². The first-order chi connectivity index (χ1) is 14.0. The van der Waals surface area contributed by atoms with Crippen molar-refractivity contribution >= 4 is 33.6 Å². The lowest BCUT2D eigenvalue weighted by atomic mass is 9.96. The van der Waals surface area contributed by atoms with E-state index in [0.29, 0.717) is 11.0 Å². The molecule has 6 nitrogen and oxygen atoms in total. The fraction of sp³-hybridized carbons (Fsp3) is 0.286. The highest BCUT2D eigenvalue weighted by Gasteiger charge is 2.19. The Labute approximate surface area is 183 Å². The van der Waals surface area contributed by atoms with Crippen LogP contribution in [0.5, 0.6) is 5.75 Å². The molecule has 29 heavy (non-hydrogen) atoms. The maximum absolute atomic E-state index is 12.5. The van der Waals surface area contributed by atoms with E-state index in [1.807, 2.05) is 48.5 Å². The van der Waals surface area contributed by atoms with Crippen LogP contribution < -0.4 is 10.1 Å². The predicted molar refractivity (Wildman–Crippen MR) is 119 cm³/mol. The highest BCUT2D eigenvalue weighted by Crippen LogP contribution is 2.25. The van der Waals surface area contributed by atoms with E-state index >= 15 is 0 Å². The second-order valence-electron chi connectivity index (χ2n) is 6.82. The van der Waals surface area contributed by atoms with E-state index in [1.165, 1.54) is 11.8 Å². The number of hydrogen-bond donors (Lipinski definition) is 2. The molecule has 152 valence electrons. The van der Waals surface area contributed by atoms with Crippen molar-refractivity contribution in [3.05, 3.63) is 58.6 Å². The average Bonchev–Trinajstić information content (AvgIpc) is 3.20. The van der Waals surface area contributed by atoms with E-state index in [1.54, 1.807) is 7.11 Å². The van der Waals surface area contributed by atoms with E-state index < -0.39 is 0 Å². The van der Waals surface area contributed by atoms with Gasteiger partial charge in [0.05, 0.1) is 18.9 Å². The van der Waals surface area contributed by atoms with Crippen molar-refractivity contribution in [3.8, 4) is 17.1 Å². The standard InChI is InChI=1S/C21H23BrN4O2S/c1-13(2)19(14-6-10-17(28-3)11-7-14)23-18(27)12-29-21-24-20(25-26-21)15-4-8-16(22)9-5-15/h4-11,13,19H,12H2,1-3H3,(H,23,27)(H,24,25,26)/t19-/m0/s1. The largest absolute Gasteiger partial charge is 0.497 e. The van der Waals surface area contributed by atoms with Gasteiger partial charge in [-0.1, -0.05) is 65.8 Å². The molecule has 1 aromatic heterocycles. The minimum atomic E-state index is -0.0699. The quantitative estimate of drug-likeness (QED) is 0.456. The third-order valence-corrected chi connectivity index (χ3v) is 5.75. The van der Waals surface area contributed by atoms with Gasteiger partial charge in [-0.25, -0.2) is 4.98 Å². The van der Waals surface area contributed by atoms with Crippen molar-refractivity contribution in [2.24, 2.45) is 5.92 Å². The molecule has 0 aliphatic carbocycles. The Morgan fingerprint density at radius 2 is 1.86 bits per heavy atom. The number of H-pyrrole nitrogens is 1. The summed E-state index contributed by atoms with van der Waals surface area (Å²) >= 11 is 4.72. The summed E-state index contributed by atoms with van der Waals surface area (Å²) in [5.74, 6) is 1.92. The van der Waals surface area contributed by atoms with Gasteiger partial charge in [-0.2, -0.15) is 0 Å². The Kier molecular flexibility index (Phi) is 7.33. The topological polar surface area (TPSA) is 79.9 Å². The number of benzene rings is 2. The van der Waals surface area contributed by atoms with Gasteiger partial charge in [0.15, 0.2) is 5.82 Å². The Hall–Kier alpha value is -2.32. The normalized spacial score (nSPS) is 12.0. The van der Waals surface area contributed by atoms with E-state index in [2.05, 4.69) is 50.3 Å². The van der Waals surface area contributed by atoms with Crippen LogP contribution in [-0.2, 0) is 4.79 Å². The van der Waals surface area contributed by atoms with Gasteiger partial charge in [0.2, 0.25) is 11.1 Å². The Balaban J connectivity index is 1.58. The monoisotopic (exact) mass is 474 g/mol. The Morgan fingerprint density at radius 1 is 1.17 bits per heavy atom. The lowest BCUT2D eigenvalue weighted by Crippen LogP contribution is -2.33. The van der Waals surface area contributed by atoms with Crippen molar-refractivity contribution in [1.82, 2.24) is 20.5 Å². The van der Waals surface area contributed by atoms with Crippen LogP contribution in [0.1, 0.15) is 25.5 Å². The van der Waals surface area contributed by atoms with Crippen molar-refractivity contribution in [3.63, 3.8) is 0 Å². The highest BCUT2D eigenvalue weighted by atomic mass is 79.9. The molecule has 8 heteroatoms. The van der Waals surface area contributed by atoms with Gasteiger partial charge in [0.25, 0.3) is 0 Å². The molecule has 2 aromatic carbocycles. The molecule has 0 aliphatic heterocycles. The van der Waals surface area contributed by atoms with Crippen LogP contribution >= 0.6 is 27.7 Å². The first kappa shape index (κ1) is 21.4. The number of hydrogen-bond acceptors (Lipinski definition) is 5. The summed E-state index contributed by atoms with van der Waals surface area (Å²) in [7, 11) is 1.64. The van der Waals surface area contributed by atoms with E-state index in [4.69, 9.17) is 4.74 Å². The third kappa shape index (κ3) is 5.83. The first-order valence-electron chi connectivity index (χ1n) is 9.20. The Morgan fingerprint density at radius 3 is 2.48 bits per heavy atom. The summed E-state index contributed by atoms with van der Waals surface area (Å²) in [6.45, 7) is 4.17. The van der Waals surface area contributed by atoms with Crippen LogP contribution in [0.25, 0.3) is 11.4 Å². The molecule has 2 N–H and O–H groups in total. The molecule has 0 radical (unpaired) electrons. The number of halogens is 1. The number of ether oxygens (including phenoxy) is 1. The molecule has 0 saturated heterocycles. The summed E-state index contributed by atoms with van der Waals surface area (Å²) < 4.78 is 6.21. The number of carbonyl (C=O) groups is 1. The fourth-order valence-electron chi connectivity index (χ4n) is 2.84. The molecular weight excluding hydrogens is 452 g/mol. The fourth-order valence-corrected chi connectivity index (χ4v) is 3.71. The maximum Gasteiger partial charge on any atom is 0.230 e. The summed E-state index contributed by atoms with van der Waals surface area (Å²) in [5.41, 5.74) is 1.99. The molecule has 0 bridgehead atoms. The zero-order valence-electron chi connectivity index (χ0n) is 16.5. The molecule has 0 aliphatic rings. The van der Waals surface area contributed by atoms with Gasteiger partial charge in [-0.05, 0) is 35.7 Å². The molecule has 1 atom stereocenters. The second kappa shape index (κ2) is 9.93. The first-order valence-corrected chi connectivity index (χ1v) is 11.0. The van der Waals surface area contributed by atoms with Gasteiger partial charge < -0.3 is 10.1 Å². The summed E-state index contributed by atoms with van der Waals surface area (Å²) in [6.07, 6.45) is 0. The summed E-state index contributed by atoms with van der Waals surface area (Å²) in [4.78, 5) is 17.0. The van der Waals surface area contributed by atoms with Gasteiger partial charge in [-0.15, -0.1) is 5.10 Å². The molecule has 3 rings (SSSR count). The number of amides is 1. The van der Waals surface area contributed by atoms with Crippen LogP contribution in [0.3, 0.4) is 0 Å². The average molecular weight is 475 g/mol. The molecule has 1 heterocycles. The smallest absolute Gasteiger partial charge is 0.230 e. The zero-order chi connectivity index (χ0) is 20.8. The summed E-state index contributed by atoms with van der Waals surface area (Å²) in [5, 5.41) is 10.8. The molecule has 0 unspecified atom stereocenters. The number of carbonyl (C=O) groups excluding carboxylic acids is 1. The van der Waals surface area contributed by atoms with E-state index in [-0.39, 0.29) is 23.6 Å². The van der Waals surface area contributed by atoms with Crippen molar-refractivity contribution < 1.29 is 9.53 Å². The number of aromatic nitrogens is 3. The predicted octanol–water partition coefficient (Wildman–Crippen LogP) is 4.85. The van der Waals surface area contributed by atoms with Crippen molar-refractivity contribution in [2.45, 2.75) is 25.0 Å². The SMILES string of the molecule is COc1ccc([C@@H](NC(=O)CSc2n[nH]c(-c3ccc(Br)cc3)n2)C(C)C)cc1. The van der Waals surface area contributed by atoms with Gasteiger partial charge >= 0.3 is 0 Å². The summed E-state index contributed by atoms with van der Waals surface area (Å²) in [6, 6.07) is 15.5. The second-order valence-corrected chi connectivity index (χ2v) is 8.68. The van der Waals surface area contributed by atoms with Crippen LogP contribution in [-0.4, -0.2) is 34.0 Å².